The summed E-state index contributed by atoms with van der Waals surface area (Å²) in [7, 11) is -1.87. The zero-order valence-electron chi connectivity index (χ0n) is 15.8. The molecule has 2 aromatic rings. The molecule has 0 aromatic heterocycles. The van der Waals surface area contributed by atoms with Crippen molar-refractivity contribution >= 4 is 44.9 Å². The zero-order valence-corrected chi connectivity index (χ0v) is 18.1. The Morgan fingerprint density at radius 3 is 2.52 bits per heavy atom. The Morgan fingerprint density at radius 2 is 1.86 bits per heavy atom. The maximum Gasteiger partial charge on any atom is 0.304 e. The zero-order chi connectivity index (χ0) is 21.2. The summed E-state index contributed by atoms with van der Waals surface area (Å²) in [5, 5.41) is 13.0. The number of hydrogen-bond donors (Lipinski definition) is 3. The summed E-state index contributed by atoms with van der Waals surface area (Å²) in [6.07, 6.45) is 1.35. The summed E-state index contributed by atoms with van der Waals surface area (Å²) in [5.41, 5.74) is 3.59. The fourth-order valence-corrected chi connectivity index (χ4v) is 5.07. The van der Waals surface area contributed by atoms with Crippen LogP contribution in [0.15, 0.2) is 36.4 Å². The second-order valence-electron chi connectivity index (χ2n) is 7.05. The van der Waals surface area contributed by atoms with Crippen LogP contribution >= 0.6 is 23.2 Å². The van der Waals surface area contributed by atoms with Crippen molar-refractivity contribution in [3.63, 3.8) is 0 Å². The highest BCUT2D eigenvalue weighted by Crippen LogP contribution is 2.43. The van der Waals surface area contributed by atoms with Gasteiger partial charge in [0.1, 0.15) is 0 Å². The molecule has 0 saturated heterocycles. The Morgan fingerprint density at radius 1 is 1.10 bits per heavy atom. The Hall–Kier alpha value is -1.80. The molecule has 9 heteroatoms. The van der Waals surface area contributed by atoms with Crippen molar-refractivity contribution in [1.29, 1.82) is 0 Å². The molecule has 0 spiro atoms. The fraction of sp³-hybridized carbons (Fsp3) is 0.350. The summed E-state index contributed by atoms with van der Waals surface area (Å²) in [6, 6.07) is 11.2. The standard InChI is InChI=1S/C20H22Cl2N2O4S/c1-23-19-7-5-14(12-2-6-17(21)18(22)10-12)15-4-3-13(11-16(15)19)24-29(27,28)9-8-20(25)26/h2-4,6,10-11,14,19,23-24H,5,7-9H2,1H3,(H,25,26)/t14-,19-/m0/s1. The minimum atomic E-state index is -3.74. The molecular formula is C20H22Cl2N2O4S. The van der Waals surface area contributed by atoms with E-state index in [0.29, 0.717) is 15.7 Å². The van der Waals surface area contributed by atoms with E-state index in [1.54, 1.807) is 12.1 Å². The van der Waals surface area contributed by atoms with Crippen LogP contribution in [-0.2, 0) is 14.8 Å². The maximum atomic E-state index is 12.2. The lowest BCUT2D eigenvalue weighted by molar-refractivity contribution is -0.136. The number of fused-ring (bicyclic) bond motifs is 1. The molecule has 0 saturated carbocycles. The number of rotatable bonds is 7. The second kappa shape index (κ2) is 8.92. The predicted octanol–water partition coefficient (Wildman–Crippen LogP) is 4.40. The quantitative estimate of drug-likeness (QED) is 0.573. The first-order chi connectivity index (χ1) is 13.7. The molecule has 0 fully saturated rings. The first-order valence-electron chi connectivity index (χ1n) is 9.18. The van der Waals surface area contributed by atoms with Crippen LogP contribution in [0.1, 0.15) is 47.9 Å². The summed E-state index contributed by atoms with van der Waals surface area (Å²) >= 11 is 12.3. The van der Waals surface area contributed by atoms with Gasteiger partial charge >= 0.3 is 5.97 Å². The summed E-state index contributed by atoms with van der Waals surface area (Å²) in [4.78, 5) is 10.7. The molecule has 1 aliphatic rings. The van der Waals surface area contributed by atoms with E-state index in [-0.39, 0.29) is 12.0 Å². The van der Waals surface area contributed by atoms with Crippen LogP contribution in [0.3, 0.4) is 0 Å². The first-order valence-corrected chi connectivity index (χ1v) is 11.6. The molecule has 29 heavy (non-hydrogen) atoms. The number of sulfonamides is 1. The Bertz CT molecular complexity index is 1030. The van der Waals surface area contributed by atoms with Gasteiger partial charge in [-0.25, -0.2) is 8.42 Å². The Kier molecular flexibility index (Phi) is 6.73. The average molecular weight is 457 g/mol. The van der Waals surface area contributed by atoms with Gasteiger partial charge in [-0.3, -0.25) is 9.52 Å². The molecular weight excluding hydrogens is 435 g/mol. The third kappa shape index (κ3) is 5.22. The van der Waals surface area contributed by atoms with Crippen LogP contribution in [0.4, 0.5) is 5.69 Å². The monoisotopic (exact) mass is 456 g/mol. The van der Waals surface area contributed by atoms with Crippen molar-refractivity contribution in [1.82, 2.24) is 5.32 Å². The SMILES string of the molecule is CN[C@H]1CC[C@@H](c2ccc(Cl)c(Cl)c2)c2ccc(NS(=O)(=O)CCC(=O)O)cc21. The van der Waals surface area contributed by atoms with Crippen LogP contribution in [0.25, 0.3) is 0 Å². The Balaban J connectivity index is 1.93. The summed E-state index contributed by atoms with van der Waals surface area (Å²) in [6.45, 7) is 0. The lowest BCUT2D eigenvalue weighted by Crippen LogP contribution is -2.25. The molecule has 3 rings (SSSR count). The molecule has 156 valence electrons. The van der Waals surface area contributed by atoms with E-state index in [4.69, 9.17) is 28.3 Å². The van der Waals surface area contributed by atoms with Crippen LogP contribution in [0.5, 0.6) is 0 Å². The molecule has 6 nitrogen and oxygen atoms in total. The van der Waals surface area contributed by atoms with E-state index < -0.39 is 28.2 Å². The van der Waals surface area contributed by atoms with Crippen molar-refractivity contribution in [3.05, 3.63) is 63.1 Å². The highest BCUT2D eigenvalue weighted by atomic mass is 35.5. The topological polar surface area (TPSA) is 95.5 Å². The van der Waals surface area contributed by atoms with Gasteiger partial charge in [0, 0.05) is 17.6 Å². The van der Waals surface area contributed by atoms with Crippen molar-refractivity contribution in [2.24, 2.45) is 0 Å². The first kappa shape index (κ1) is 21.9. The molecule has 0 unspecified atom stereocenters. The van der Waals surface area contributed by atoms with Gasteiger partial charge in [-0.1, -0.05) is 35.3 Å². The van der Waals surface area contributed by atoms with E-state index in [1.807, 2.05) is 31.3 Å². The molecule has 3 N–H and O–H groups in total. The van der Waals surface area contributed by atoms with Gasteiger partial charge in [0.05, 0.1) is 22.2 Å². The van der Waals surface area contributed by atoms with E-state index in [2.05, 4.69) is 10.0 Å². The number of aliphatic carboxylic acids is 1. The minimum absolute atomic E-state index is 0.0903. The van der Waals surface area contributed by atoms with Crippen LogP contribution < -0.4 is 10.0 Å². The van der Waals surface area contributed by atoms with Gasteiger partial charge in [0.2, 0.25) is 10.0 Å². The highest BCUT2D eigenvalue weighted by Gasteiger charge is 2.28. The normalized spacial score (nSPS) is 18.9. The number of carbonyl (C=O) groups is 1. The predicted molar refractivity (Wildman–Crippen MR) is 115 cm³/mol. The number of hydrogen-bond acceptors (Lipinski definition) is 4. The maximum absolute atomic E-state index is 12.2. The summed E-state index contributed by atoms with van der Waals surface area (Å²) in [5.74, 6) is -1.50. The molecule has 0 bridgehead atoms. The molecule has 2 aromatic carbocycles. The van der Waals surface area contributed by atoms with Gasteiger partial charge in [-0.2, -0.15) is 0 Å². The minimum Gasteiger partial charge on any atom is -0.481 e. The lowest BCUT2D eigenvalue weighted by atomic mass is 9.76. The van der Waals surface area contributed by atoms with Crippen molar-refractivity contribution in [3.8, 4) is 0 Å². The van der Waals surface area contributed by atoms with Crippen molar-refractivity contribution < 1.29 is 18.3 Å². The van der Waals surface area contributed by atoms with Crippen LogP contribution in [0, 0.1) is 0 Å². The van der Waals surface area contributed by atoms with E-state index in [1.165, 1.54) is 0 Å². The van der Waals surface area contributed by atoms with E-state index in [9.17, 15) is 13.2 Å². The van der Waals surface area contributed by atoms with Gasteiger partial charge in [0.15, 0.2) is 0 Å². The number of anilines is 1. The van der Waals surface area contributed by atoms with Crippen LogP contribution in [0.2, 0.25) is 10.0 Å². The lowest BCUT2D eigenvalue weighted by Gasteiger charge is -2.32. The molecule has 1 aliphatic carbocycles. The van der Waals surface area contributed by atoms with Crippen molar-refractivity contribution in [2.45, 2.75) is 31.2 Å². The number of carboxylic acid groups (broad SMARTS) is 1. The summed E-state index contributed by atoms with van der Waals surface area (Å²) < 4.78 is 26.8. The largest absolute Gasteiger partial charge is 0.481 e. The number of halogens is 2. The smallest absolute Gasteiger partial charge is 0.304 e. The van der Waals surface area contributed by atoms with Gasteiger partial charge in [-0.15, -0.1) is 0 Å². The number of benzene rings is 2. The van der Waals surface area contributed by atoms with Gasteiger partial charge < -0.3 is 10.4 Å². The molecule has 0 aliphatic heterocycles. The second-order valence-corrected chi connectivity index (χ2v) is 9.71. The van der Waals surface area contributed by atoms with E-state index in [0.717, 1.165) is 29.5 Å². The van der Waals surface area contributed by atoms with Crippen molar-refractivity contribution in [2.75, 3.05) is 17.5 Å². The average Bonchev–Trinajstić information content (AvgIpc) is 2.67. The highest BCUT2D eigenvalue weighted by molar-refractivity contribution is 7.92. The molecule has 2 atom stereocenters. The van der Waals surface area contributed by atoms with Gasteiger partial charge in [-0.05, 0) is 60.8 Å². The van der Waals surface area contributed by atoms with Crippen LogP contribution in [-0.4, -0.2) is 32.3 Å². The number of carboxylic acids is 1. The van der Waals surface area contributed by atoms with E-state index >= 15 is 0 Å². The Labute approximate surface area is 180 Å². The molecule has 0 heterocycles. The number of nitrogens with one attached hydrogen (secondary N) is 2. The molecule has 0 amide bonds. The van der Waals surface area contributed by atoms with Gasteiger partial charge in [0.25, 0.3) is 0 Å². The molecule has 0 radical (unpaired) electrons. The fourth-order valence-electron chi connectivity index (χ4n) is 3.73. The third-order valence-electron chi connectivity index (χ3n) is 5.13. The third-order valence-corrected chi connectivity index (χ3v) is 7.16.